The molecule has 6 heteroatoms. The Morgan fingerprint density at radius 1 is 1.29 bits per heavy atom. The minimum absolute atomic E-state index is 0.0797. The molecule has 2 saturated heterocycles. The Balaban J connectivity index is 2.14. The van der Waals surface area contributed by atoms with Gasteiger partial charge in [-0.3, -0.25) is 0 Å². The first-order valence-electron chi connectivity index (χ1n) is 6.26. The molecule has 2 aliphatic rings. The largest absolute Gasteiger partial charge is 0.395 e. The number of aliphatic hydroxyl groups is 1. The van der Waals surface area contributed by atoms with Crippen molar-refractivity contribution in [1.29, 1.82) is 0 Å². The molecule has 0 radical (unpaired) electrons. The van der Waals surface area contributed by atoms with E-state index in [1.807, 2.05) is 6.92 Å². The lowest BCUT2D eigenvalue weighted by atomic mass is 10.0. The van der Waals surface area contributed by atoms with Gasteiger partial charge in [0, 0.05) is 19.8 Å². The van der Waals surface area contributed by atoms with Crippen molar-refractivity contribution in [2.75, 3.05) is 26.4 Å². The first-order chi connectivity index (χ1) is 8.07. The number of hydrogen-bond donors (Lipinski definition) is 1. The fourth-order valence-corrected chi connectivity index (χ4v) is 4.91. The van der Waals surface area contributed by atoms with Gasteiger partial charge in [-0.2, -0.15) is 4.31 Å². The van der Waals surface area contributed by atoms with Gasteiger partial charge >= 0.3 is 0 Å². The third kappa shape index (κ3) is 2.50. The third-order valence-corrected chi connectivity index (χ3v) is 6.36. The maximum Gasteiger partial charge on any atom is 0.217 e. The molecule has 0 saturated carbocycles. The standard InChI is InChI=1S/C11H21NO4S/c1-9-2-5-12(11(9)8-13)17(14,15)10-3-6-16-7-4-10/h9-11,13H,2-8H2,1H3. The fourth-order valence-electron chi connectivity index (χ4n) is 2.73. The predicted molar refractivity (Wildman–Crippen MR) is 64.1 cm³/mol. The van der Waals surface area contributed by atoms with Gasteiger partial charge in [-0.1, -0.05) is 6.92 Å². The average molecular weight is 263 g/mol. The van der Waals surface area contributed by atoms with E-state index in [0.29, 0.717) is 32.6 Å². The van der Waals surface area contributed by atoms with Gasteiger partial charge in [0.05, 0.1) is 17.9 Å². The molecular formula is C11H21NO4S. The van der Waals surface area contributed by atoms with Crippen LogP contribution in [0.2, 0.25) is 0 Å². The van der Waals surface area contributed by atoms with E-state index in [1.54, 1.807) is 0 Å². The molecule has 0 bridgehead atoms. The number of sulfonamides is 1. The molecular weight excluding hydrogens is 242 g/mol. The molecule has 0 aliphatic carbocycles. The summed E-state index contributed by atoms with van der Waals surface area (Å²) in [4.78, 5) is 0. The number of ether oxygens (including phenoxy) is 1. The van der Waals surface area contributed by atoms with Crippen LogP contribution < -0.4 is 0 Å². The van der Waals surface area contributed by atoms with Gasteiger partial charge in [0.25, 0.3) is 0 Å². The van der Waals surface area contributed by atoms with Crippen molar-refractivity contribution in [3.05, 3.63) is 0 Å². The SMILES string of the molecule is CC1CCN(S(=O)(=O)C2CCOCC2)C1CO. The van der Waals surface area contributed by atoms with Crippen molar-refractivity contribution in [1.82, 2.24) is 4.31 Å². The molecule has 2 heterocycles. The summed E-state index contributed by atoms with van der Waals surface area (Å²) >= 11 is 0. The highest BCUT2D eigenvalue weighted by Gasteiger charge is 2.42. The Labute approximate surface area is 103 Å². The van der Waals surface area contributed by atoms with E-state index < -0.39 is 10.0 Å². The lowest BCUT2D eigenvalue weighted by Crippen LogP contribution is -2.46. The van der Waals surface area contributed by atoms with Crippen LogP contribution in [0.5, 0.6) is 0 Å². The van der Waals surface area contributed by atoms with E-state index in [-0.39, 0.29) is 23.8 Å². The Morgan fingerprint density at radius 3 is 2.53 bits per heavy atom. The zero-order valence-corrected chi connectivity index (χ0v) is 11.0. The second-order valence-corrected chi connectivity index (χ2v) is 7.15. The van der Waals surface area contributed by atoms with Crippen LogP contribution in [0.15, 0.2) is 0 Å². The molecule has 100 valence electrons. The molecule has 2 rings (SSSR count). The number of nitrogens with zero attached hydrogens (tertiary/aromatic N) is 1. The molecule has 0 aromatic rings. The zero-order valence-electron chi connectivity index (χ0n) is 10.2. The van der Waals surface area contributed by atoms with Crippen LogP contribution in [0.25, 0.3) is 0 Å². The maximum atomic E-state index is 12.5. The molecule has 2 atom stereocenters. The zero-order chi connectivity index (χ0) is 12.5. The minimum atomic E-state index is -3.26. The normalized spacial score (nSPS) is 33.1. The van der Waals surface area contributed by atoms with Gasteiger partial charge in [-0.05, 0) is 25.2 Å². The Bertz CT molecular complexity index is 350. The first kappa shape index (κ1) is 13.3. The van der Waals surface area contributed by atoms with Crippen molar-refractivity contribution < 1.29 is 18.3 Å². The van der Waals surface area contributed by atoms with Gasteiger partial charge in [-0.25, -0.2) is 8.42 Å². The van der Waals surface area contributed by atoms with Gasteiger partial charge in [-0.15, -0.1) is 0 Å². The lowest BCUT2D eigenvalue weighted by molar-refractivity contribution is 0.0964. The topological polar surface area (TPSA) is 66.8 Å². The quantitative estimate of drug-likeness (QED) is 0.790. The van der Waals surface area contributed by atoms with E-state index in [2.05, 4.69) is 0 Å². The summed E-state index contributed by atoms with van der Waals surface area (Å²) in [6.07, 6.45) is 1.99. The Morgan fingerprint density at radius 2 is 1.94 bits per heavy atom. The number of hydrogen-bond acceptors (Lipinski definition) is 4. The summed E-state index contributed by atoms with van der Waals surface area (Å²) in [6.45, 7) is 3.52. The predicted octanol–water partition coefficient (Wildman–Crippen LogP) is 0.198. The Hall–Kier alpha value is -0.170. The highest BCUT2D eigenvalue weighted by Crippen LogP contribution is 2.30. The fraction of sp³-hybridized carbons (Fsp3) is 1.00. The van der Waals surface area contributed by atoms with E-state index in [9.17, 15) is 13.5 Å². The molecule has 17 heavy (non-hydrogen) atoms. The van der Waals surface area contributed by atoms with Crippen LogP contribution in [-0.2, 0) is 14.8 Å². The molecule has 0 amide bonds. The average Bonchev–Trinajstić information content (AvgIpc) is 2.72. The van der Waals surface area contributed by atoms with Crippen molar-refractivity contribution in [2.24, 2.45) is 5.92 Å². The van der Waals surface area contributed by atoms with Crippen LogP contribution >= 0.6 is 0 Å². The number of rotatable bonds is 3. The summed E-state index contributed by atoms with van der Waals surface area (Å²) in [5, 5.41) is 9.01. The summed E-state index contributed by atoms with van der Waals surface area (Å²) in [7, 11) is -3.26. The second kappa shape index (κ2) is 5.22. The van der Waals surface area contributed by atoms with Crippen LogP contribution in [0.3, 0.4) is 0 Å². The van der Waals surface area contributed by atoms with Crippen LogP contribution in [0.4, 0.5) is 0 Å². The van der Waals surface area contributed by atoms with Crippen LogP contribution in [0, 0.1) is 5.92 Å². The first-order valence-corrected chi connectivity index (χ1v) is 7.77. The Kier molecular flexibility index (Phi) is 4.07. The molecule has 0 aromatic heterocycles. The van der Waals surface area contributed by atoms with E-state index in [0.717, 1.165) is 6.42 Å². The van der Waals surface area contributed by atoms with E-state index in [1.165, 1.54) is 4.31 Å². The number of aliphatic hydroxyl groups excluding tert-OH is 1. The van der Waals surface area contributed by atoms with Crippen molar-refractivity contribution in [3.8, 4) is 0 Å². The van der Waals surface area contributed by atoms with Gasteiger partial charge < -0.3 is 9.84 Å². The monoisotopic (exact) mass is 263 g/mol. The highest BCUT2D eigenvalue weighted by molar-refractivity contribution is 7.89. The van der Waals surface area contributed by atoms with E-state index >= 15 is 0 Å². The molecule has 1 N–H and O–H groups in total. The maximum absolute atomic E-state index is 12.5. The smallest absolute Gasteiger partial charge is 0.217 e. The highest BCUT2D eigenvalue weighted by atomic mass is 32.2. The molecule has 0 aromatic carbocycles. The summed E-state index contributed by atoms with van der Waals surface area (Å²) < 4.78 is 31.6. The minimum Gasteiger partial charge on any atom is -0.395 e. The summed E-state index contributed by atoms with van der Waals surface area (Å²) in [5.74, 6) is 0.245. The molecule has 0 spiro atoms. The van der Waals surface area contributed by atoms with Crippen molar-refractivity contribution >= 4 is 10.0 Å². The summed E-state index contributed by atoms with van der Waals surface area (Å²) in [5.41, 5.74) is 0. The third-order valence-electron chi connectivity index (χ3n) is 3.94. The lowest BCUT2D eigenvalue weighted by Gasteiger charge is -2.30. The van der Waals surface area contributed by atoms with Gasteiger partial charge in [0.1, 0.15) is 0 Å². The van der Waals surface area contributed by atoms with Crippen molar-refractivity contribution in [3.63, 3.8) is 0 Å². The molecule has 2 fully saturated rings. The van der Waals surface area contributed by atoms with Crippen molar-refractivity contribution in [2.45, 2.75) is 37.5 Å². The second-order valence-electron chi connectivity index (χ2n) is 4.98. The molecule has 2 aliphatic heterocycles. The van der Waals surface area contributed by atoms with Crippen LogP contribution in [0.1, 0.15) is 26.2 Å². The van der Waals surface area contributed by atoms with Crippen LogP contribution in [-0.4, -0.2) is 55.5 Å². The van der Waals surface area contributed by atoms with Gasteiger partial charge in [0.15, 0.2) is 0 Å². The summed E-state index contributed by atoms with van der Waals surface area (Å²) in [6, 6.07) is -0.233. The van der Waals surface area contributed by atoms with Gasteiger partial charge in [0.2, 0.25) is 10.0 Å². The molecule has 2 unspecified atom stereocenters. The molecule has 5 nitrogen and oxygen atoms in total. The van der Waals surface area contributed by atoms with E-state index in [4.69, 9.17) is 4.74 Å².